The van der Waals surface area contributed by atoms with Crippen LogP contribution in [-0.4, -0.2) is 50.7 Å². The van der Waals surface area contributed by atoms with Crippen LogP contribution in [0, 0.1) is 5.92 Å². The summed E-state index contributed by atoms with van der Waals surface area (Å²) in [6.45, 7) is 11.2. The molecule has 0 saturated carbocycles. The van der Waals surface area contributed by atoms with E-state index in [9.17, 15) is 0 Å². The standard InChI is InChI=1S/C21H36N4O.HI/c1-4-26-17-20-8-6-19(7-9-20)16-24-21(22-3)23-12-5-13-25-14-10-18(2)11-15-25;/h6-9,18H,4-5,10-17H2,1-3H3,(H2,22,23,24);1H. The third-order valence-electron chi connectivity index (χ3n) is 5.00. The Labute approximate surface area is 182 Å². The fraction of sp³-hybridized carbons (Fsp3) is 0.667. The molecule has 1 saturated heterocycles. The van der Waals surface area contributed by atoms with Crippen molar-refractivity contribution >= 4 is 29.9 Å². The number of halogens is 1. The van der Waals surface area contributed by atoms with Gasteiger partial charge in [0.05, 0.1) is 6.61 Å². The van der Waals surface area contributed by atoms with Gasteiger partial charge in [-0.2, -0.15) is 0 Å². The zero-order valence-corrected chi connectivity index (χ0v) is 19.5. The van der Waals surface area contributed by atoms with Crippen LogP contribution >= 0.6 is 24.0 Å². The lowest BCUT2D eigenvalue weighted by molar-refractivity contribution is 0.134. The molecule has 154 valence electrons. The predicted octanol–water partition coefficient (Wildman–Crippen LogP) is 3.63. The molecule has 0 aromatic heterocycles. The Bertz CT molecular complexity index is 527. The number of guanidine groups is 1. The lowest BCUT2D eigenvalue weighted by Crippen LogP contribution is -2.39. The molecule has 1 aliphatic heterocycles. The largest absolute Gasteiger partial charge is 0.377 e. The van der Waals surface area contributed by atoms with Crippen LogP contribution in [-0.2, 0) is 17.9 Å². The van der Waals surface area contributed by atoms with Crippen molar-refractivity contribution in [3.63, 3.8) is 0 Å². The van der Waals surface area contributed by atoms with Gasteiger partial charge >= 0.3 is 0 Å². The summed E-state index contributed by atoms with van der Waals surface area (Å²) in [6.07, 6.45) is 3.85. The molecule has 0 amide bonds. The Balaban J connectivity index is 0.00000364. The fourth-order valence-corrected chi connectivity index (χ4v) is 3.17. The van der Waals surface area contributed by atoms with E-state index < -0.39 is 0 Å². The maximum atomic E-state index is 5.43. The molecule has 0 unspecified atom stereocenters. The van der Waals surface area contributed by atoms with Gasteiger partial charge in [0.2, 0.25) is 0 Å². The second-order valence-electron chi connectivity index (χ2n) is 7.18. The maximum Gasteiger partial charge on any atom is 0.191 e. The normalized spacial score (nSPS) is 16.0. The van der Waals surface area contributed by atoms with Gasteiger partial charge < -0.3 is 20.3 Å². The summed E-state index contributed by atoms with van der Waals surface area (Å²) in [5.41, 5.74) is 2.46. The van der Waals surface area contributed by atoms with Crippen LogP contribution in [0.4, 0.5) is 0 Å². The molecule has 0 aliphatic carbocycles. The number of aliphatic imine (C=N–C) groups is 1. The van der Waals surface area contributed by atoms with Crippen LogP contribution in [0.25, 0.3) is 0 Å². The minimum Gasteiger partial charge on any atom is -0.377 e. The molecular formula is C21H37IN4O. The van der Waals surface area contributed by atoms with Crippen molar-refractivity contribution in [1.29, 1.82) is 0 Å². The molecule has 1 fully saturated rings. The first kappa shape index (κ1) is 24.2. The molecular weight excluding hydrogens is 451 g/mol. The molecule has 1 aliphatic rings. The van der Waals surface area contributed by atoms with E-state index in [4.69, 9.17) is 4.74 Å². The highest BCUT2D eigenvalue weighted by Gasteiger charge is 2.14. The predicted molar refractivity (Wildman–Crippen MR) is 125 cm³/mol. The number of ether oxygens (including phenoxy) is 1. The molecule has 5 nitrogen and oxygen atoms in total. The van der Waals surface area contributed by atoms with Crippen LogP contribution < -0.4 is 10.6 Å². The third kappa shape index (κ3) is 9.76. The molecule has 6 heteroatoms. The molecule has 1 aromatic rings. The number of nitrogens with one attached hydrogen (secondary N) is 2. The first-order valence-electron chi connectivity index (χ1n) is 10.0. The Morgan fingerprint density at radius 3 is 2.44 bits per heavy atom. The van der Waals surface area contributed by atoms with Crippen molar-refractivity contribution in [3.8, 4) is 0 Å². The van der Waals surface area contributed by atoms with E-state index >= 15 is 0 Å². The van der Waals surface area contributed by atoms with Crippen molar-refractivity contribution < 1.29 is 4.74 Å². The molecule has 1 aromatic carbocycles. The van der Waals surface area contributed by atoms with E-state index in [2.05, 4.69) is 51.7 Å². The van der Waals surface area contributed by atoms with Gasteiger partial charge in [-0.15, -0.1) is 24.0 Å². The van der Waals surface area contributed by atoms with Crippen molar-refractivity contribution in [2.24, 2.45) is 10.9 Å². The average Bonchev–Trinajstić information content (AvgIpc) is 2.68. The van der Waals surface area contributed by atoms with Gasteiger partial charge in [-0.1, -0.05) is 31.2 Å². The molecule has 0 spiro atoms. The molecule has 2 N–H and O–H groups in total. The summed E-state index contributed by atoms with van der Waals surface area (Å²) >= 11 is 0. The molecule has 2 rings (SSSR count). The van der Waals surface area contributed by atoms with Gasteiger partial charge in [0.1, 0.15) is 0 Å². The van der Waals surface area contributed by atoms with Gasteiger partial charge in [-0.3, -0.25) is 4.99 Å². The van der Waals surface area contributed by atoms with E-state index in [0.29, 0.717) is 6.61 Å². The highest BCUT2D eigenvalue weighted by molar-refractivity contribution is 14.0. The van der Waals surface area contributed by atoms with E-state index in [0.717, 1.165) is 38.0 Å². The SMILES string of the molecule is CCOCc1ccc(CNC(=NC)NCCCN2CCC(C)CC2)cc1.I. The summed E-state index contributed by atoms with van der Waals surface area (Å²) < 4.78 is 5.43. The Morgan fingerprint density at radius 2 is 1.81 bits per heavy atom. The zero-order chi connectivity index (χ0) is 18.6. The van der Waals surface area contributed by atoms with E-state index in [1.54, 1.807) is 0 Å². The smallest absolute Gasteiger partial charge is 0.191 e. The summed E-state index contributed by atoms with van der Waals surface area (Å²) in [4.78, 5) is 6.90. The van der Waals surface area contributed by atoms with Gasteiger partial charge in [0, 0.05) is 26.7 Å². The van der Waals surface area contributed by atoms with Crippen LogP contribution in [0.1, 0.15) is 44.2 Å². The number of rotatable bonds is 9. The summed E-state index contributed by atoms with van der Waals surface area (Å²) in [6, 6.07) is 8.54. The van der Waals surface area contributed by atoms with E-state index in [-0.39, 0.29) is 24.0 Å². The second-order valence-corrected chi connectivity index (χ2v) is 7.18. The molecule has 0 atom stereocenters. The van der Waals surface area contributed by atoms with Crippen LogP contribution in [0.3, 0.4) is 0 Å². The van der Waals surface area contributed by atoms with Gasteiger partial charge in [-0.05, 0) is 62.9 Å². The van der Waals surface area contributed by atoms with Crippen LogP contribution in [0.15, 0.2) is 29.3 Å². The maximum absolute atomic E-state index is 5.43. The molecule has 0 bridgehead atoms. The Hall–Kier alpha value is -0.860. The first-order valence-corrected chi connectivity index (χ1v) is 10.0. The number of nitrogens with zero attached hydrogens (tertiary/aromatic N) is 2. The monoisotopic (exact) mass is 488 g/mol. The van der Waals surface area contributed by atoms with E-state index in [1.807, 2.05) is 14.0 Å². The Morgan fingerprint density at radius 1 is 1.15 bits per heavy atom. The van der Waals surface area contributed by atoms with Crippen LogP contribution in [0.5, 0.6) is 0 Å². The quantitative estimate of drug-likeness (QED) is 0.241. The van der Waals surface area contributed by atoms with Gasteiger partial charge in [0.15, 0.2) is 5.96 Å². The van der Waals surface area contributed by atoms with Crippen molar-refractivity contribution in [2.45, 2.75) is 46.3 Å². The average molecular weight is 488 g/mol. The van der Waals surface area contributed by atoms with Crippen LogP contribution in [0.2, 0.25) is 0 Å². The third-order valence-corrected chi connectivity index (χ3v) is 5.00. The Kier molecular flexibility index (Phi) is 12.7. The van der Waals surface area contributed by atoms with Crippen molar-refractivity contribution in [2.75, 3.05) is 39.8 Å². The lowest BCUT2D eigenvalue weighted by Gasteiger charge is -2.30. The number of hydrogen-bond acceptors (Lipinski definition) is 3. The second kappa shape index (κ2) is 14.2. The highest BCUT2D eigenvalue weighted by atomic mass is 127. The number of likely N-dealkylation sites (tertiary alicyclic amines) is 1. The first-order chi connectivity index (χ1) is 12.7. The lowest BCUT2D eigenvalue weighted by atomic mass is 9.99. The number of hydrogen-bond donors (Lipinski definition) is 2. The minimum absolute atomic E-state index is 0. The zero-order valence-electron chi connectivity index (χ0n) is 17.2. The van der Waals surface area contributed by atoms with Crippen molar-refractivity contribution in [1.82, 2.24) is 15.5 Å². The molecule has 1 heterocycles. The highest BCUT2D eigenvalue weighted by Crippen LogP contribution is 2.15. The molecule has 0 radical (unpaired) electrons. The topological polar surface area (TPSA) is 48.9 Å². The van der Waals surface area contributed by atoms with Gasteiger partial charge in [0.25, 0.3) is 0 Å². The fourth-order valence-electron chi connectivity index (χ4n) is 3.17. The summed E-state index contributed by atoms with van der Waals surface area (Å²) in [7, 11) is 1.83. The summed E-state index contributed by atoms with van der Waals surface area (Å²) in [5.74, 6) is 1.77. The molecule has 27 heavy (non-hydrogen) atoms. The number of piperidine rings is 1. The summed E-state index contributed by atoms with van der Waals surface area (Å²) in [5, 5.41) is 6.81. The van der Waals surface area contributed by atoms with E-state index in [1.165, 1.54) is 43.6 Å². The number of benzene rings is 1. The van der Waals surface area contributed by atoms with Crippen molar-refractivity contribution in [3.05, 3.63) is 35.4 Å². The van der Waals surface area contributed by atoms with Gasteiger partial charge in [-0.25, -0.2) is 0 Å². The minimum atomic E-state index is 0.